The Bertz CT molecular complexity index is 1380. The van der Waals surface area contributed by atoms with Gasteiger partial charge in [0.05, 0.1) is 5.69 Å². The van der Waals surface area contributed by atoms with Crippen molar-refractivity contribution in [3.63, 3.8) is 0 Å². The summed E-state index contributed by atoms with van der Waals surface area (Å²) in [5.74, 6) is 0.656. The van der Waals surface area contributed by atoms with Crippen molar-refractivity contribution in [2.24, 2.45) is 0 Å². The van der Waals surface area contributed by atoms with Crippen LogP contribution in [-0.4, -0.2) is 59.0 Å². The van der Waals surface area contributed by atoms with Gasteiger partial charge in [-0.2, -0.15) is 5.26 Å². The molecule has 0 radical (unpaired) electrons. The van der Waals surface area contributed by atoms with Crippen molar-refractivity contribution in [2.45, 2.75) is 32.7 Å². The molecule has 4 heterocycles. The van der Waals surface area contributed by atoms with Gasteiger partial charge in [0.15, 0.2) is 10.1 Å². The lowest BCUT2D eigenvalue weighted by molar-refractivity contribution is 0.272. The molecule has 10 heteroatoms. The predicted molar refractivity (Wildman–Crippen MR) is 142 cm³/mol. The van der Waals surface area contributed by atoms with E-state index in [9.17, 15) is 9.65 Å². The average molecular weight is 510 g/mol. The molecule has 0 bridgehead atoms. The van der Waals surface area contributed by atoms with E-state index < -0.39 is 0 Å². The van der Waals surface area contributed by atoms with Crippen LogP contribution < -0.4 is 9.80 Å². The molecular formula is C25H28FN7S2. The standard InChI is InChI=1S/C25H28FN7S2/c1-5-19-23(31(4)24-29-22(20(13-27)34-24)16-7-9-17(26)10-8-16)33-15-21(35-25(33)28-19)32-12-11-18(14-32)30(3)6-2/h7-10,15,18H,5-6,11-12,14H2,1-4H3. The number of rotatable bonds is 7. The maximum absolute atomic E-state index is 13.4. The van der Waals surface area contributed by atoms with Gasteiger partial charge < -0.3 is 14.7 Å². The van der Waals surface area contributed by atoms with Crippen molar-refractivity contribution < 1.29 is 4.39 Å². The zero-order valence-corrected chi connectivity index (χ0v) is 22.0. The van der Waals surface area contributed by atoms with E-state index in [1.165, 1.54) is 34.9 Å². The summed E-state index contributed by atoms with van der Waals surface area (Å²) in [4.78, 5) is 18.1. The van der Waals surface area contributed by atoms with Gasteiger partial charge >= 0.3 is 0 Å². The summed E-state index contributed by atoms with van der Waals surface area (Å²) in [5, 5.41) is 11.7. The molecule has 0 aliphatic carbocycles. The highest BCUT2D eigenvalue weighted by Crippen LogP contribution is 2.39. The van der Waals surface area contributed by atoms with E-state index in [0.717, 1.165) is 48.1 Å². The summed E-state index contributed by atoms with van der Waals surface area (Å²) in [7, 11) is 4.16. The Morgan fingerprint density at radius 2 is 1.94 bits per heavy atom. The van der Waals surface area contributed by atoms with Crippen LogP contribution in [0.15, 0.2) is 30.5 Å². The van der Waals surface area contributed by atoms with Gasteiger partial charge in [0, 0.05) is 37.9 Å². The largest absolute Gasteiger partial charge is 0.361 e. The van der Waals surface area contributed by atoms with E-state index in [4.69, 9.17) is 9.97 Å². The minimum atomic E-state index is -0.312. The summed E-state index contributed by atoms with van der Waals surface area (Å²) in [6.07, 6.45) is 4.14. The van der Waals surface area contributed by atoms with Gasteiger partial charge in [-0.05, 0) is 50.7 Å². The molecule has 5 rings (SSSR count). The van der Waals surface area contributed by atoms with Crippen LogP contribution in [0.25, 0.3) is 16.2 Å². The Balaban J connectivity index is 1.50. The maximum Gasteiger partial charge on any atom is 0.197 e. The number of halogens is 1. The van der Waals surface area contributed by atoms with Crippen LogP contribution in [-0.2, 0) is 6.42 Å². The zero-order valence-electron chi connectivity index (χ0n) is 20.3. The second-order valence-electron chi connectivity index (χ2n) is 8.77. The van der Waals surface area contributed by atoms with Crippen molar-refractivity contribution in [3.05, 3.63) is 46.9 Å². The maximum atomic E-state index is 13.4. The van der Waals surface area contributed by atoms with Crippen LogP contribution in [0.4, 0.5) is 20.3 Å². The minimum absolute atomic E-state index is 0.312. The third kappa shape index (κ3) is 4.29. The van der Waals surface area contributed by atoms with Crippen LogP contribution >= 0.6 is 22.7 Å². The molecule has 4 aromatic rings. The number of benzene rings is 1. The second-order valence-corrected chi connectivity index (χ2v) is 10.7. The van der Waals surface area contributed by atoms with Crippen molar-refractivity contribution in [2.75, 3.05) is 43.5 Å². The summed E-state index contributed by atoms with van der Waals surface area (Å²) in [5.41, 5.74) is 2.30. The normalized spacial score (nSPS) is 15.9. The topological polar surface area (TPSA) is 63.7 Å². The van der Waals surface area contributed by atoms with Crippen LogP contribution in [0.5, 0.6) is 0 Å². The van der Waals surface area contributed by atoms with E-state index in [1.807, 2.05) is 11.9 Å². The average Bonchev–Trinajstić information content (AvgIpc) is 3.65. The molecule has 0 amide bonds. The lowest BCUT2D eigenvalue weighted by Gasteiger charge is -2.23. The summed E-state index contributed by atoms with van der Waals surface area (Å²) < 4.78 is 15.6. The highest BCUT2D eigenvalue weighted by molar-refractivity contribution is 7.21. The SMILES string of the molecule is CCc1nc2sc(N3CCC(N(C)CC)C3)cn2c1N(C)c1nc(-c2ccc(F)cc2)c(C#N)s1. The first-order valence-corrected chi connectivity index (χ1v) is 13.4. The number of likely N-dealkylation sites (N-methyl/N-ethyl adjacent to an activating group) is 1. The first-order chi connectivity index (χ1) is 16.9. The Hall–Kier alpha value is -3.00. The minimum Gasteiger partial charge on any atom is -0.361 e. The Morgan fingerprint density at radius 3 is 2.63 bits per heavy atom. The fraction of sp³-hybridized carbons (Fsp3) is 0.400. The lowest BCUT2D eigenvalue weighted by Crippen LogP contribution is -2.34. The lowest BCUT2D eigenvalue weighted by atomic mass is 10.1. The van der Waals surface area contributed by atoms with Crippen LogP contribution in [0.2, 0.25) is 0 Å². The van der Waals surface area contributed by atoms with Gasteiger partial charge in [0.25, 0.3) is 0 Å². The fourth-order valence-corrected chi connectivity index (χ4v) is 6.47. The Kier molecular flexibility index (Phi) is 6.49. The molecule has 7 nitrogen and oxygen atoms in total. The molecule has 1 fully saturated rings. The quantitative estimate of drug-likeness (QED) is 0.333. The van der Waals surface area contributed by atoms with Gasteiger partial charge in [-0.3, -0.25) is 4.40 Å². The molecule has 35 heavy (non-hydrogen) atoms. The molecule has 0 spiro atoms. The molecule has 1 atom stereocenters. The van der Waals surface area contributed by atoms with Gasteiger partial charge in [-0.15, -0.1) is 0 Å². The van der Waals surface area contributed by atoms with Gasteiger partial charge in [0.2, 0.25) is 0 Å². The van der Waals surface area contributed by atoms with E-state index in [-0.39, 0.29) is 5.82 Å². The first-order valence-electron chi connectivity index (χ1n) is 11.8. The number of anilines is 3. The third-order valence-electron chi connectivity index (χ3n) is 6.73. The fourth-order valence-electron chi connectivity index (χ4n) is 4.59. The number of nitrogens with zero attached hydrogens (tertiary/aromatic N) is 7. The van der Waals surface area contributed by atoms with Gasteiger partial charge in [-0.1, -0.05) is 36.5 Å². The molecule has 1 aromatic carbocycles. The monoisotopic (exact) mass is 509 g/mol. The Labute approximate surface area is 212 Å². The van der Waals surface area contributed by atoms with E-state index >= 15 is 0 Å². The summed E-state index contributed by atoms with van der Waals surface area (Å²) in [6.45, 7) is 7.43. The number of hydrogen-bond donors (Lipinski definition) is 0. The molecule has 0 N–H and O–H groups in total. The molecule has 1 aliphatic heterocycles. The van der Waals surface area contributed by atoms with Crippen molar-refractivity contribution >= 4 is 43.6 Å². The Morgan fingerprint density at radius 1 is 1.17 bits per heavy atom. The molecule has 0 saturated carbocycles. The highest BCUT2D eigenvalue weighted by atomic mass is 32.1. The first kappa shape index (κ1) is 23.7. The van der Waals surface area contributed by atoms with Crippen LogP contribution in [0.3, 0.4) is 0 Å². The second kappa shape index (κ2) is 9.57. The molecule has 1 aliphatic rings. The zero-order chi connectivity index (χ0) is 24.7. The van der Waals surface area contributed by atoms with E-state index in [0.29, 0.717) is 21.7 Å². The van der Waals surface area contributed by atoms with Crippen LogP contribution in [0.1, 0.15) is 30.8 Å². The number of aryl methyl sites for hydroxylation is 1. The molecule has 3 aromatic heterocycles. The molecule has 182 valence electrons. The van der Waals surface area contributed by atoms with Crippen LogP contribution in [0, 0.1) is 17.1 Å². The van der Waals surface area contributed by atoms with Crippen molar-refractivity contribution in [1.29, 1.82) is 5.26 Å². The number of nitriles is 1. The van der Waals surface area contributed by atoms with E-state index in [1.54, 1.807) is 23.5 Å². The predicted octanol–water partition coefficient (Wildman–Crippen LogP) is 5.39. The number of thiazole rings is 2. The highest BCUT2D eigenvalue weighted by Gasteiger charge is 2.28. The summed E-state index contributed by atoms with van der Waals surface area (Å²) in [6, 6.07) is 8.94. The van der Waals surface area contributed by atoms with Crippen molar-refractivity contribution in [1.82, 2.24) is 19.3 Å². The number of hydrogen-bond acceptors (Lipinski definition) is 8. The summed E-state index contributed by atoms with van der Waals surface area (Å²) >= 11 is 3.05. The number of imidazole rings is 1. The smallest absolute Gasteiger partial charge is 0.197 e. The molecule has 1 saturated heterocycles. The molecule has 1 unspecified atom stereocenters. The molecular weight excluding hydrogens is 481 g/mol. The van der Waals surface area contributed by atoms with Gasteiger partial charge in [-0.25, -0.2) is 14.4 Å². The number of aromatic nitrogens is 3. The van der Waals surface area contributed by atoms with Crippen molar-refractivity contribution in [3.8, 4) is 17.3 Å². The third-order valence-corrected chi connectivity index (χ3v) is 8.81. The van der Waals surface area contributed by atoms with E-state index in [2.05, 4.69) is 47.4 Å². The number of fused-ring (bicyclic) bond motifs is 1. The van der Waals surface area contributed by atoms with Gasteiger partial charge in [0.1, 0.15) is 33.3 Å².